The minimum Gasteiger partial charge on any atom is -0.497 e. The van der Waals surface area contributed by atoms with E-state index in [1.807, 2.05) is 50.5 Å². The zero-order valence-electron chi connectivity index (χ0n) is 18.3. The van der Waals surface area contributed by atoms with Crippen LogP contribution in [0.4, 0.5) is 17.5 Å². The third-order valence-electron chi connectivity index (χ3n) is 5.68. The summed E-state index contributed by atoms with van der Waals surface area (Å²) < 4.78 is 7.43. The highest BCUT2D eigenvalue weighted by atomic mass is 16.5. The fourth-order valence-electron chi connectivity index (χ4n) is 3.86. The number of aromatic amines is 1. The molecule has 0 saturated carbocycles. The topological polar surface area (TPSA) is 92.7 Å². The van der Waals surface area contributed by atoms with E-state index >= 15 is 0 Å². The first-order valence-corrected chi connectivity index (χ1v) is 10.5. The first kappa shape index (κ1) is 19.9. The molecule has 8 nitrogen and oxygen atoms in total. The molecule has 0 aliphatic carbocycles. The summed E-state index contributed by atoms with van der Waals surface area (Å²) in [5.41, 5.74) is 5.32. The summed E-state index contributed by atoms with van der Waals surface area (Å²) in [6, 6.07) is 14.0. The van der Waals surface area contributed by atoms with Gasteiger partial charge in [0.25, 0.3) is 0 Å². The van der Waals surface area contributed by atoms with Gasteiger partial charge in [-0.05, 0) is 61.4 Å². The molecule has 8 heteroatoms. The van der Waals surface area contributed by atoms with E-state index in [0.717, 1.165) is 46.1 Å². The highest BCUT2D eigenvalue weighted by Crippen LogP contribution is 2.24. The molecule has 0 radical (unpaired) electrons. The number of nitrogens with zero attached hydrogens (tertiary/aromatic N) is 4. The van der Waals surface area contributed by atoms with Crippen molar-refractivity contribution in [2.45, 2.75) is 13.3 Å². The summed E-state index contributed by atoms with van der Waals surface area (Å²) in [7, 11) is 3.70. The summed E-state index contributed by atoms with van der Waals surface area (Å²) in [6.07, 6.45) is 4.63. The number of anilines is 3. The van der Waals surface area contributed by atoms with Crippen molar-refractivity contribution in [2.24, 2.45) is 7.05 Å². The SMILES string of the molecule is COc1ccc2[nH]cc(CCNc3nccc(Nc4ccc5c(c4)nc(C)n5C)n3)c2c1. The van der Waals surface area contributed by atoms with Crippen LogP contribution < -0.4 is 15.4 Å². The molecule has 0 aliphatic rings. The van der Waals surface area contributed by atoms with Gasteiger partial charge >= 0.3 is 0 Å². The van der Waals surface area contributed by atoms with Gasteiger partial charge in [-0.2, -0.15) is 4.98 Å². The second kappa shape index (κ2) is 8.22. The molecular formula is C24H25N7O. The van der Waals surface area contributed by atoms with Crippen LogP contribution >= 0.6 is 0 Å². The molecule has 0 fully saturated rings. The maximum atomic E-state index is 5.35. The molecule has 3 N–H and O–H groups in total. The van der Waals surface area contributed by atoms with Crippen molar-refractivity contribution < 1.29 is 4.74 Å². The van der Waals surface area contributed by atoms with Gasteiger partial charge in [0.15, 0.2) is 0 Å². The average Bonchev–Trinajstić information content (AvgIpc) is 3.33. The van der Waals surface area contributed by atoms with Gasteiger partial charge in [0, 0.05) is 42.6 Å². The molecule has 3 heterocycles. The molecule has 0 aliphatic heterocycles. The molecule has 32 heavy (non-hydrogen) atoms. The lowest BCUT2D eigenvalue weighted by atomic mass is 10.1. The lowest BCUT2D eigenvalue weighted by Crippen LogP contribution is -2.08. The Bertz CT molecular complexity index is 1400. The number of hydrogen-bond acceptors (Lipinski definition) is 6. The predicted octanol–water partition coefficient (Wildman–Crippen LogP) is 4.56. The summed E-state index contributed by atoms with van der Waals surface area (Å²) in [5, 5.41) is 7.84. The maximum absolute atomic E-state index is 5.35. The number of aromatic nitrogens is 5. The number of fused-ring (bicyclic) bond motifs is 2. The van der Waals surface area contributed by atoms with E-state index in [0.29, 0.717) is 12.5 Å². The number of ether oxygens (including phenoxy) is 1. The lowest BCUT2D eigenvalue weighted by molar-refractivity contribution is 0.415. The molecule has 5 rings (SSSR count). The number of H-pyrrole nitrogens is 1. The second-order valence-electron chi connectivity index (χ2n) is 7.71. The van der Waals surface area contributed by atoms with Crippen molar-refractivity contribution in [3.05, 3.63) is 66.2 Å². The molecule has 0 atom stereocenters. The van der Waals surface area contributed by atoms with Gasteiger partial charge in [-0.1, -0.05) is 0 Å². The number of hydrogen-bond donors (Lipinski definition) is 3. The van der Waals surface area contributed by atoms with Crippen LogP contribution in [0.2, 0.25) is 0 Å². The molecule has 2 aromatic carbocycles. The number of aryl methyl sites for hydroxylation is 2. The summed E-state index contributed by atoms with van der Waals surface area (Å²) in [5.74, 6) is 3.15. The number of benzene rings is 2. The zero-order chi connectivity index (χ0) is 22.1. The molecule has 162 valence electrons. The van der Waals surface area contributed by atoms with Crippen molar-refractivity contribution in [3.8, 4) is 5.75 Å². The Morgan fingerprint density at radius 2 is 2.00 bits per heavy atom. The fraction of sp³-hybridized carbons (Fsp3) is 0.208. The Hall–Kier alpha value is -4.07. The molecule has 0 spiro atoms. The minimum atomic E-state index is 0.585. The highest BCUT2D eigenvalue weighted by Gasteiger charge is 2.08. The van der Waals surface area contributed by atoms with Crippen LogP contribution in [0.25, 0.3) is 21.9 Å². The summed E-state index contributed by atoms with van der Waals surface area (Å²) in [4.78, 5) is 16.8. The minimum absolute atomic E-state index is 0.585. The second-order valence-corrected chi connectivity index (χ2v) is 7.71. The predicted molar refractivity (Wildman–Crippen MR) is 128 cm³/mol. The van der Waals surface area contributed by atoms with Gasteiger partial charge in [-0.3, -0.25) is 0 Å². The van der Waals surface area contributed by atoms with Gasteiger partial charge in [0.2, 0.25) is 5.95 Å². The third kappa shape index (κ3) is 3.82. The Morgan fingerprint density at radius 1 is 1.09 bits per heavy atom. The zero-order valence-corrected chi connectivity index (χ0v) is 18.3. The van der Waals surface area contributed by atoms with Gasteiger partial charge in [-0.15, -0.1) is 0 Å². The molecule has 0 amide bonds. The third-order valence-corrected chi connectivity index (χ3v) is 5.68. The number of imidazole rings is 1. The monoisotopic (exact) mass is 427 g/mol. The Kier molecular flexibility index (Phi) is 5.10. The summed E-state index contributed by atoms with van der Waals surface area (Å²) in [6.45, 7) is 2.72. The number of rotatable bonds is 7. The van der Waals surface area contributed by atoms with Crippen LogP contribution in [0.3, 0.4) is 0 Å². The fourth-order valence-corrected chi connectivity index (χ4v) is 3.86. The largest absolute Gasteiger partial charge is 0.497 e. The smallest absolute Gasteiger partial charge is 0.224 e. The Balaban J connectivity index is 1.26. The Labute approximate surface area is 185 Å². The number of nitrogens with one attached hydrogen (secondary N) is 3. The van der Waals surface area contributed by atoms with Gasteiger partial charge in [-0.25, -0.2) is 9.97 Å². The van der Waals surface area contributed by atoms with Crippen molar-refractivity contribution in [1.82, 2.24) is 24.5 Å². The maximum Gasteiger partial charge on any atom is 0.224 e. The van der Waals surface area contributed by atoms with E-state index in [-0.39, 0.29) is 0 Å². The average molecular weight is 428 g/mol. The van der Waals surface area contributed by atoms with E-state index in [2.05, 4.69) is 47.3 Å². The van der Waals surface area contributed by atoms with Gasteiger partial charge in [0.1, 0.15) is 17.4 Å². The van der Waals surface area contributed by atoms with Gasteiger partial charge < -0.3 is 24.9 Å². The van der Waals surface area contributed by atoms with E-state index in [4.69, 9.17) is 4.74 Å². The van der Waals surface area contributed by atoms with Crippen LogP contribution in [0.15, 0.2) is 54.9 Å². The van der Waals surface area contributed by atoms with Gasteiger partial charge in [0.05, 0.1) is 18.1 Å². The van der Waals surface area contributed by atoms with Crippen molar-refractivity contribution in [3.63, 3.8) is 0 Å². The van der Waals surface area contributed by atoms with Crippen LogP contribution in [0.1, 0.15) is 11.4 Å². The standard InChI is InChI=1S/C24H25N7O/c1-15-28-21-12-17(4-7-22(21)31(15)2)29-23-9-11-26-24(30-23)25-10-8-16-14-27-20-6-5-18(32-3)13-19(16)20/h4-7,9,11-14,27H,8,10H2,1-3H3,(H2,25,26,29,30). The van der Waals surface area contributed by atoms with Crippen molar-refractivity contribution in [2.75, 3.05) is 24.3 Å². The van der Waals surface area contributed by atoms with E-state index in [1.165, 1.54) is 10.9 Å². The summed E-state index contributed by atoms with van der Waals surface area (Å²) >= 11 is 0. The van der Waals surface area contributed by atoms with Crippen LogP contribution in [-0.2, 0) is 13.5 Å². The van der Waals surface area contributed by atoms with Crippen LogP contribution in [0, 0.1) is 6.92 Å². The molecule has 0 saturated heterocycles. The van der Waals surface area contributed by atoms with Crippen molar-refractivity contribution >= 4 is 39.4 Å². The van der Waals surface area contributed by atoms with E-state index < -0.39 is 0 Å². The molecule has 0 unspecified atom stereocenters. The Morgan fingerprint density at radius 3 is 2.88 bits per heavy atom. The first-order chi connectivity index (χ1) is 15.6. The van der Waals surface area contributed by atoms with Crippen LogP contribution in [0.5, 0.6) is 5.75 Å². The number of methoxy groups -OCH3 is 1. The molecular weight excluding hydrogens is 402 g/mol. The quantitative estimate of drug-likeness (QED) is 0.353. The highest BCUT2D eigenvalue weighted by molar-refractivity contribution is 5.84. The van der Waals surface area contributed by atoms with Crippen molar-refractivity contribution in [1.29, 1.82) is 0 Å². The van der Waals surface area contributed by atoms with E-state index in [1.54, 1.807) is 13.3 Å². The molecule has 5 aromatic rings. The lowest BCUT2D eigenvalue weighted by Gasteiger charge is -2.09. The molecule has 3 aromatic heterocycles. The first-order valence-electron chi connectivity index (χ1n) is 10.5. The van der Waals surface area contributed by atoms with E-state index in [9.17, 15) is 0 Å². The normalized spacial score (nSPS) is 11.2. The van der Waals surface area contributed by atoms with Crippen LogP contribution in [-0.4, -0.2) is 38.2 Å². The molecule has 0 bridgehead atoms.